The molecule has 2 heterocycles. The highest BCUT2D eigenvalue weighted by molar-refractivity contribution is 5.92. The van der Waals surface area contributed by atoms with Crippen molar-refractivity contribution in [3.8, 4) is 5.69 Å². The van der Waals surface area contributed by atoms with Gasteiger partial charge >= 0.3 is 0 Å². The van der Waals surface area contributed by atoms with Crippen molar-refractivity contribution in [3.05, 3.63) is 41.7 Å². The molecule has 10 heteroatoms. The molecular weight excluding hydrogens is 454 g/mol. The Bertz CT molecular complexity index is 1080. The average Bonchev–Trinajstić information content (AvgIpc) is 3.45. The lowest BCUT2D eigenvalue weighted by molar-refractivity contribution is -0.128. The van der Waals surface area contributed by atoms with Gasteiger partial charge in [-0.1, -0.05) is 11.6 Å². The molecule has 1 aliphatic heterocycles. The number of halogens is 2. The fourth-order valence-corrected chi connectivity index (χ4v) is 5.07. The number of aromatic nitrogens is 3. The van der Waals surface area contributed by atoms with E-state index in [0.29, 0.717) is 18.9 Å². The molecule has 3 fully saturated rings. The lowest BCUT2D eigenvalue weighted by atomic mass is 9.80. The summed E-state index contributed by atoms with van der Waals surface area (Å²) in [7, 11) is 0. The van der Waals surface area contributed by atoms with Crippen molar-refractivity contribution >= 4 is 11.8 Å². The number of likely N-dealkylation sites (tertiary alicyclic amines) is 1. The Hall–Kier alpha value is -2.88. The molecule has 35 heavy (non-hydrogen) atoms. The molecule has 0 spiro atoms. The van der Waals surface area contributed by atoms with Gasteiger partial charge in [0, 0.05) is 37.8 Å². The molecule has 0 bridgehead atoms. The monoisotopic (exact) mass is 486 g/mol. The van der Waals surface area contributed by atoms with Crippen LogP contribution in [0.5, 0.6) is 0 Å². The van der Waals surface area contributed by atoms with Crippen molar-refractivity contribution in [2.45, 2.75) is 57.5 Å². The van der Waals surface area contributed by atoms with Gasteiger partial charge < -0.3 is 15.5 Å². The molecule has 3 atom stereocenters. The van der Waals surface area contributed by atoms with Gasteiger partial charge in [0.2, 0.25) is 5.91 Å². The maximum absolute atomic E-state index is 14.1. The largest absolute Gasteiger partial charge is 0.353 e. The molecule has 188 valence electrons. The van der Waals surface area contributed by atoms with Crippen LogP contribution in [0.15, 0.2) is 24.4 Å². The number of rotatable bonds is 8. The highest BCUT2D eigenvalue weighted by atomic mass is 19.1. The number of carbonyl (C=O) groups excluding carboxylic acids is 2. The van der Waals surface area contributed by atoms with Gasteiger partial charge in [0.05, 0.1) is 12.1 Å². The third kappa shape index (κ3) is 5.52. The number of nitrogens with zero attached hydrogens (tertiary/aromatic N) is 4. The predicted octanol–water partition coefficient (Wildman–Crippen LogP) is 2.68. The second-order valence-corrected chi connectivity index (χ2v) is 10.3. The quantitative estimate of drug-likeness (QED) is 0.599. The van der Waals surface area contributed by atoms with E-state index in [1.807, 2.05) is 0 Å². The van der Waals surface area contributed by atoms with Crippen LogP contribution in [0.3, 0.4) is 0 Å². The summed E-state index contributed by atoms with van der Waals surface area (Å²) in [6.45, 7) is 4.49. The van der Waals surface area contributed by atoms with E-state index in [-0.39, 0.29) is 35.3 Å². The first-order valence-corrected chi connectivity index (χ1v) is 12.6. The molecule has 1 aromatic heterocycles. The van der Waals surface area contributed by atoms with Crippen molar-refractivity contribution in [2.75, 3.05) is 19.6 Å². The number of amides is 2. The van der Waals surface area contributed by atoms with Gasteiger partial charge in [0.15, 0.2) is 11.5 Å². The normalized spacial score (nSPS) is 24.0. The Balaban J connectivity index is 1.27. The van der Waals surface area contributed by atoms with Crippen molar-refractivity contribution in [2.24, 2.45) is 17.8 Å². The first-order valence-electron chi connectivity index (χ1n) is 12.6. The smallest absolute Gasteiger partial charge is 0.273 e. The first-order chi connectivity index (χ1) is 16.9. The Labute approximate surface area is 203 Å². The Kier molecular flexibility index (Phi) is 6.82. The summed E-state index contributed by atoms with van der Waals surface area (Å²) in [5.74, 6) is -1.11. The summed E-state index contributed by atoms with van der Waals surface area (Å²) in [5, 5.41) is 13.9. The van der Waals surface area contributed by atoms with Crippen molar-refractivity contribution in [1.29, 1.82) is 0 Å². The second kappa shape index (κ2) is 10.0. The van der Waals surface area contributed by atoms with Crippen LogP contribution in [0, 0.1) is 29.4 Å². The van der Waals surface area contributed by atoms with Gasteiger partial charge in [-0.25, -0.2) is 13.5 Å². The fourth-order valence-electron chi connectivity index (χ4n) is 5.07. The maximum atomic E-state index is 14.1. The van der Waals surface area contributed by atoms with Crippen LogP contribution < -0.4 is 10.6 Å². The van der Waals surface area contributed by atoms with E-state index < -0.39 is 17.5 Å². The molecule has 5 rings (SSSR count). The SMILES string of the molecule is C[C@@H](NC(=O)[C@@H]1CN(CC2CC2)CC[C@H]1NC(=O)c1cn(-c2ccc(F)cc2F)nn1)C1CCC1. The Morgan fingerprint density at radius 1 is 1.17 bits per heavy atom. The van der Waals surface area contributed by atoms with E-state index in [4.69, 9.17) is 0 Å². The van der Waals surface area contributed by atoms with E-state index in [0.717, 1.165) is 48.7 Å². The molecule has 2 aromatic rings. The standard InChI is InChI=1S/C25H32F2N6O2/c1-15(17-3-2-4-17)28-24(34)19-13-32(12-16-5-6-16)10-9-21(19)29-25(35)22-14-33(31-30-22)23-8-7-18(26)11-20(23)27/h7-8,11,14-17,19,21H,2-6,9-10,12-13H2,1H3,(H,28,34)(H,29,35)/t15-,19-,21-/m1/s1. The molecule has 2 amide bonds. The summed E-state index contributed by atoms with van der Waals surface area (Å²) < 4.78 is 28.4. The third-order valence-corrected chi connectivity index (χ3v) is 7.67. The van der Waals surface area contributed by atoms with Crippen molar-refractivity contribution in [3.63, 3.8) is 0 Å². The number of hydrogen-bond acceptors (Lipinski definition) is 5. The summed E-state index contributed by atoms with van der Waals surface area (Å²) >= 11 is 0. The first kappa shape index (κ1) is 23.8. The average molecular weight is 487 g/mol. The number of nitrogens with one attached hydrogen (secondary N) is 2. The lowest BCUT2D eigenvalue weighted by Gasteiger charge is -2.39. The molecule has 2 saturated carbocycles. The molecule has 2 aliphatic carbocycles. The summed E-state index contributed by atoms with van der Waals surface area (Å²) in [4.78, 5) is 28.6. The molecule has 1 saturated heterocycles. The highest BCUT2D eigenvalue weighted by Crippen LogP contribution is 2.32. The summed E-state index contributed by atoms with van der Waals surface area (Å²) in [6.07, 6.45) is 7.96. The minimum atomic E-state index is -0.804. The lowest BCUT2D eigenvalue weighted by Crippen LogP contribution is -2.57. The number of carbonyl (C=O) groups is 2. The van der Waals surface area contributed by atoms with E-state index in [2.05, 4.69) is 32.8 Å². The van der Waals surface area contributed by atoms with Crippen LogP contribution in [0.2, 0.25) is 0 Å². The van der Waals surface area contributed by atoms with Crippen LogP contribution in [0.1, 0.15) is 55.9 Å². The molecular formula is C25H32F2N6O2. The van der Waals surface area contributed by atoms with E-state index in [1.165, 1.54) is 31.5 Å². The Morgan fingerprint density at radius 3 is 2.66 bits per heavy atom. The van der Waals surface area contributed by atoms with Gasteiger partial charge in [-0.15, -0.1) is 5.10 Å². The number of piperidine rings is 1. The molecule has 8 nitrogen and oxygen atoms in total. The number of benzene rings is 1. The number of hydrogen-bond donors (Lipinski definition) is 2. The molecule has 3 aliphatic rings. The van der Waals surface area contributed by atoms with Crippen LogP contribution >= 0.6 is 0 Å². The topological polar surface area (TPSA) is 92.2 Å². The fraction of sp³-hybridized carbons (Fsp3) is 0.600. The van der Waals surface area contributed by atoms with Crippen molar-refractivity contribution < 1.29 is 18.4 Å². The zero-order chi connectivity index (χ0) is 24.5. The van der Waals surface area contributed by atoms with Gasteiger partial charge in [-0.3, -0.25) is 9.59 Å². The zero-order valence-corrected chi connectivity index (χ0v) is 19.9. The van der Waals surface area contributed by atoms with Gasteiger partial charge in [-0.2, -0.15) is 0 Å². The van der Waals surface area contributed by atoms with Crippen LogP contribution in [0.4, 0.5) is 8.78 Å². The van der Waals surface area contributed by atoms with E-state index in [9.17, 15) is 18.4 Å². The van der Waals surface area contributed by atoms with Gasteiger partial charge in [-0.05, 0) is 63.0 Å². The van der Waals surface area contributed by atoms with Gasteiger partial charge in [0.25, 0.3) is 5.91 Å². The van der Waals surface area contributed by atoms with E-state index in [1.54, 1.807) is 0 Å². The van der Waals surface area contributed by atoms with Crippen molar-refractivity contribution in [1.82, 2.24) is 30.5 Å². The summed E-state index contributed by atoms with van der Waals surface area (Å²) in [5.41, 5.74) is 0.00435. The van der Waals surface area contributed by atoms with Gasteiger partial charge in [0.1, 0.15) is 11.5 Å². The maximum Gasteiger partial charge on any atom is 0.273 e. The molecule has 1 aromatic carbocycles. The minimum Gasteiger partial charge on any atom is -0.353 e. The van der Waals surface area contributed by atoms with Crippen LogP contribution in [-0.2, 0) is 4.79 Å². The zero-order valence-electron chi connectivity index (χ0n) is 19.9. The summed E-state index contributed by atoms with van der Waals surface area (Å²) in [6, 6.07) is 2.89. The molecule has 2 N–H and O–H groups in total. The predicted molar refractivity (Wildman–Crippen MR) is 125 cm³/mol. The molecule has 0 unspecified atom stereocenters. The van der Waals surface area contributed by atoms with Crippen LogP contribution in [0.25, 0.3) is 5.69 Å². The van der Waals surface area contributed by atoms with E-state index >= 15 is 0 Å². The minimum absolute atomic E-state index is 0.00595. The highest BCUT2D eigenvalue weighted by Gasteiger charge is 2.38. The molecule has 0 radical (unpaired) electrons. The third-order valence-electron chi connectivity index (χ3n) is 7.67. The Morgan fingerprint density at radius 2 is 1.97 bits per heavy atom. The second-order valence-electron chi connectivity index (χ2n) is 10.3. The van der Waals surface area contributed by atoms with Crippen LogP contribution in [-0.4, -0.2) is 63.4 Å².